The van der Waals surface area contributed by atoms with Crippen LogP contribution in [0, 0.1) is 12.3 Å². The van der Waals surface area contributed by atoms with Crippen molar-refractivity contribution in [1.29, 1.82) is 0 Å². The average molecular weight is 562 g/mol. The predicted molar refractivity (Wildman–Crippen MR) is 155 cm³/mol. The molecule has 2 atom stereocenters. The molecule has 2 aliphatic rings. The van der Waals surface area contributed by atoms with Gasteiger partial charge < -0.3 is 15.1 Å². The number of aromatic nitrogens is 2. The molecule has 3 aromatic carbocycles. The summed E-state index contributed by atoms with van der Waals surface area (Å²) in [4.78, 5) is 44.6. The first kappa shape index (κ1) is 27.2. The Balaban J connectivity index is 1.31. The minimum absolute atomic E-state index is 0.00726. The molecule has 212 valence electrons. The first-order chi connectivity index (χ1) is 20.5. The molecule has 2 fully saturated rings. The van der Waals surface area contributed by atoms with Gasteiger partial charge in [0, 0.05) is 19.6 Å². The van der Waals surface area contributed by atoms with Gasteiger partial charge in [0.25, 0.3) is 5.91 Å². The molecule has 0 saturated carbocycles. The van der Waals surface area contributed by atoms with E-state index in [1.165, 1.54) is 0 Å². The molecule has 0 bridgehead atoms. The Kier molecular flexibility index (Phi) is 7.66. The third kappa shape index (κ3) is 5.34. The number of rotatable bonds is 8. The van der Waals surface area contributed by atoms with Gasteiger partial charge >= 0.3 is 6.03 Å². The van der Waals surface area contributed by atoms with Crippen LogP contribution in [0.3, 0.4) is 0 Å². The van der Waals surface area contributed by atoms with E-state index in [-0.39, 0.29) is 30.9 Å². The van der Waals surface area contributed by atoms with Crippen LogP contribution in [0.25, 0.3) is 10.9 Å². The van der Waals surface area contributed by atoms with E-state index in [9.17, 15) is 14.4 Å². The van der Waals surface area contributed by atoms with Crippen molar-refractivity contribution in [3.63, 3.8) is 0 Å². The number of hydrogen-bond donors (Lipinski definition) is 1. The van der Waals surface area contributed by atoms with Crippen molar-refractivity contribution >= 4 is 28.7 Å². The second-order valence-corrected chi connectivity index (χ2v) is 10.5. The number of piperazine rings is 1. The lowest BCUT2D eigenvalue weighted by atomic mass is 10.00. The Morgan fingerprint density at radius 3 is 2.55 bits per heavy atom. The number of fused-ring (bicyclic) bond motifs is 2. The lowest BCUT2D eigenvalue weighted by Gasteiger charge is -2.46. The summed E-state index contributed by atoms with van der Waals surface area (Å²) >= 11 is 0. The third-order valence-corrected chi connectivity index (χ3v) is 7.67. The Morgan fingerprint density at radius 2 is 1.79 bits per heavy atom. The van der Waals surface area contributed by atoms with Gasteiger partial charge in [0.05, 0.1) is 24.7 Å². The molecule has 10 heteroatoms. The Morgan fingerprint density at radius 1 is 1.02 bits per heavy atom. The predicted octanol–water partition coefficient (Wildman–Crippen LogP) is 3.32. The van der Waals surface area contributed by atoms with Crippen molar-refractivity contribution in [3.8, 4) is 0 Å². The van der Waals surface area contributed by atoms with Crippen LogP contribution in [0.2, 0.25) is 0 Å². The summed E-state index contributed by atoms with van der Waals surface area (Å²) in [7, 11) is 0. The molecule has 0 radical (unpaired) electrons. The van der Waals surface area contributed by atoms with Crippen LogP contribution in [0.4, 0.5) is 4.79 Å². The molecule has 1 N–H and O–H groups in total. The molecule has 0 aliphatic carbocycles. The van der Waals surface area contributed by atoms with Crippen LogP contribution in [-0.2, 0) is 22.7 Å². The highest BCUT2D eigenvalue weighted by Gasteiger charge is 2.52. The van der Waals surface area contributed by atoms with Gasteiger partial charge in [-0.15, -0.1) is 5.10 Å². The number of hydrogen-bond acceptors (Lipinski definition) is 6. The zero-order valence-electron chi connectivity index (χ0n) is 23.3. The summed E-state index contributed by atoms with van der Waals surface area (Å²) in [6.45, 7) is 3.38. The summed E-state index contributed by atoms with van der Waals surface area (Å²) in [5.41, 5.74) is 3.31. The van der Waals surface area contributed by atoms with Crippen LogP contribution in [0.15, 0.2) is 78.9 Å². The maximum Gasteiger partial charge on any atom is 0.332 e. The Bertz CT molecular complexity index is 1580. The first-order valence-corrected chi connectivity index (χ1v) is 14.1. The van der Waals surface area contributed by atoms with Gasteiger partial charge in [-0.2, -0.15) is 5.01 Å². The van der Waals surface area contributed by atoms with Crippen LogP contribution in [-0.4, -0.2) is 73.7 Å². The topological polar surface area (TPSA) is 102 Å². The average Bonchev–Trinajstić information content (AvgIpc) is 3.34. The van der Waals surface area contributed by atoms with Gasteiger partial charge in [0.1, 0.15) is 17.7 Å². The lowest BCUT2D eigenvalue weighted by molar-refractivity contribution is -0.158. The van der Waals surface area contributed by atoms with Crippen molar-refractivity contribution in [1.82, 2.24) is 35.3 Å². The van der Waals surface area contributed by atoms with Gasteiger partial charge in [-0.1, -0.05) is 78.8 Å². The van der Waals surface area contributed by atoms with E-state index in [1.807, 2.05) is 90.8 Å². The molecule has 4 aromatic rings. The Labute approximate surface area is 244 Å². The van der Waals surface area contributed by atoms with E-state index in [1.54, 1.807) is 14.8 Å². The minimum Gasteiger partial charge on any atom is -0.333 e. The zero-order chi connectivity index (χ0) is 29.1. The maximum atomic E-state index is 14.1. The molecule has 0 unspecified atom stereocenters. The van der Waals surface area contributed by atoms with Gasteiger partial charge in [0.15, 0.2) is 0 Å². The molecule has 1 aromatic heterocycles. The maximum absolute atomic E-state index is 14.1. The van der Waals surface area contributed by atoms with Crippen molar-refractivity contribution in [2.45, 2.75) is 38.6 Å². The van der Waals surface area contributed by atoms with Gasteiger partial charge in [-0.3, -0.25) is 14.6 Å². The molecule has 10 nitrogen and oxygen atoms in total. The van der Waals surface area contributed by atoms with Crippen molar-refractivity contribution in [3.05, 3.63) is 108 Å². The van der Waals surface area contributed by atoms with Crippen LogP contribution < -0.4 is 5.32 Å². The molecular formula is C32H31N7O3. The van der Waals surface area contributed by atoms with E-state index in [2.05, 4.69) is 27.8 Å². The first-order valence-electron chi connectivity index (χ1n) is 14.1. The standard InChI is InChI=1S/C32H31N7O3/c1-2-17-37(32(42)33-19-23-9-5-3-6-10-23)38-22-29(40)39-28(38)21-36(31(41)30(39)25-11-7-4-8-12-25)20-24-13-14-27-26(18-24)15-16-34-35-27/h3-14,18,28,30H,2,17,19-22H2,1H3,(H,33,42)/t28-,30+/m1/s1. The molecular weight excluding hydrogens is 530 g/mol. The highest BCUT2D eigenvalue weighted by molar-refractivity contribution is 5.92. The fraction of sp³-hybridized carbons (Fsp3) is 0.281. The largest absolute Gasteiger partial charge is 0.333 e. The third-order valence-electron chi connectivity index (χ3n) is 7.67. The summed E-state index contributed by atoms with van der Waals surface area (Å²) in [6.07, 6.45) is 2.83. The SMILES string of the molecule is CCCN(C(=O)NCc1ccccc1)N1CC(=O)N2[C@@H](c3ccccc3)C(=O)N(Cc3ccc4nnc#cc4c3)C[C@@H]21. The smallest absolute Gasteiger partial charge is 0.332 e. The van der Waals surface area contributed by atoms with E-state index < -0.39 is 12.2 Å². The van der Waals surface area contributed by atoms with Gasteiger partial charge in [-0.05, 0) is 41.3 Å². The summed E-state index contributed by atoms with van der Waals surface area (Å²) in [6, 6.07) is 26.6. The van der Waals surface area contributed by atoms with E-state index in [4.69, 9.17) is 0 Å². The normalized spacial score (nSPS) is 18.6. The summed E-state index contributed by atoms with van der Waals surface area (Å²) in [5, 5.41) is 15.1. The highest BCUT2D eigenvalue weighted by atomic mass is 16.2. The summed E-state index contributed by atoms with van der Waals surface area (Å²) < 4.78 is 0. The van der Waals surface area contributed by atoms with Crippen molar-refractivity contribution in [2.24, 2.45) is 0 Å². The Hall–Kier alpha value is -5.01. The van der Waals surface area contributed by atoms with E-state index in [0.29, 0.717) is 31.6 Å². The van der Waals surface area contributed by atoms with Crippen molar-refractivity contribution in [2.75, 3.05) is 19.6 Å². The van der Waals surface area contributed by atoms with E-state index >= 15 is 0 Å². The van der Waals surface area contributed by atoms with Gasteiger partial charge in [-0.25, -0.2) is 4.79 Å². The number of hydrazine groups is 1. The van der Waals surface area contributed by atoms with Crippen LogP contribution >= 0.6 is 0 Å². The quantitative estimate of drug-likeness (QED) is 0.354. The number of nitrogens with zero attached hydrogens (tertiary/aromatic N) is 6. The van der Waals surface area contributed by atoms with Crippen molar-refractivity contribution < 1.29 is 14.4 Å². The number of benzene rings is 3. The number of carbonyl (C=O) groups excluding carboxylic acids is 3. The highest BCUT2D eigenvalue weighted by Crippen LogP contribution is 2.36. The van der Waals surface area contributed by atoms with Gasteiger partial charge in [0.2, 0.25) is 5.91 Å². The molecule has 4 amide bonds. The second kappa shape index (κ2) is 11.8. The van der Waals surface area contributed by atoms with Crippen LogP contribution in [0.5, 0.6) is 0 Å². The van der Waals surface area contributed by atoms with E-state index in [0.717, 1.165) is 22.1 Å². The monoisotopic (exact) mass is 561 g/mol. The molecule has 0 spiro atoms. The molecule has 2 saturated heterocycles. The fourth-order valence-corrected chi connectivity index (χ4v) is 5.72. The second-order valence-electron chi connectivity index (χ2n) is 10.5. The molecule has 3 heterocycles. The summed E-state index contributed by atoms with van der Waals surface area (Å²) in [5.74, 6) is -0.347. The molecule has 6 rings (SSSR count). The molecule has 2 aliphatic heterocycles. The number of amides is 4. The zero-order valence-corrected chi connectivity index (χ0v) is 23.3. The number of nitrogens with one attached hydrogen (secondary N) is 1. The lowest BCUT2D eigenvalue weighted by Crippen LogP contribution is -2.62. The minimum atomic E-state index is -0.801. The number of urea groups is 1. The molecule has 42 heavy (non-hydrogen) atoms. The van der Waals surface area contributed by atoms with Crippen LogP contribution in [0.1, 0.15) is 36.1 Å². The number of carbonyl (C=O) groups is 3. The fourth-order valence-electron chi connectivity index (χ4n) is 5.72.